The first-order valence-electron chi connectivity index (χ1n) is 6.04. The lowest BCUT2D eigenvalue weighted by Crippen LogP contribution is -2.37. The van der Waals surface area contributed by atoms with Gasteiger partial charge < -0.3 is 14.8 Å². The normalized spacial score (nSPS) is 12.0. The van der Waals surface area contributed by atoms with Crippen LogP contribution in [0.25, 0.3) is 0 Å². The molecular weight excluding hydrogens is 230 g/mol. The number of nitrogens with one attached hydrogen (secondary N) is 1. The third-order valence-electron chi connectivity index (χ3n) is 2.48. The van der Waals surface area contributed by atoms with Crippen LogP contribution in [0.15, 0.2) is 18.2 Å². The summed E-state index contributed by atoms with van der Waals surface area (Å²) in [6.07, 6.45) is -0.511. The van der Waals surface area contributed by atoms with Gasteiger partial charge in [-0.05, 0) is 44.0 Å². The van der Waals surface area contributed by atoms with Crippen LogP contribution < -0.4 is 10.1 Å². The van der Waals surface area contributed by atoms with Crippen LogP contribution in [0.4, 0.5) is 0 Å². The molecule has 18 heavy (non-hydrogen) atoms. The predicted octanol–water partition coefficient (Wildman–Crippen LogP) is 1.83. The second kappa shape index (κ2) is 7.01. The van der Waals surface area contributed by atoms with Crippen molar-refractivity contribution in [1.29, 1.82) is 0 Å². The number of aryl methyl sites for hydroxylation is 2. The van der Waals surface area contributed by atoms with E-state index >= 15 is 0 Å². The zero-order chi connectivity index (χ0) is 13.5. The number of ether oxygens (including phenoxy) is 2. The standard InChI is InChI=1S/C14H21NO3/c1-10-7-11(2)9-13(8-10)18-12(3)14(16)15-5-6-17-4/h7-9,12H,5-6H2,1-4H3,(H,15,16)/t12-/m1/s1. The number of amides is 1. The Morgan fingerprint density at radius 3 is 2.44 bits per heavy atom. The van der Waals surface area contributed by atoms with Crippen LogP contribution in [0.1, 0.15) is 18.1 Å². The summed E-state index contributed by atoms with van der Waals surface area (Å²) in [5, 5.41) is 2.74. The Morgan fingerprint density at radius 2 is 1.89 bits per heavy atom. The Hall–Kier alpha value is -1.55. The lowest BCUT2D eigenvalue weighted by molar-refractivity contribution is -0.127. The molecule has 0 aromatic heterocycles. The largest absolute Gasteiger partial charge is 0.481 e. The molecule has 1 N–H and O–H groups in total. The highest BCUT2D eigenvalue weighted by Gasteiger charge is 2.14. The molecule has 1 rings (SSSR count). The van der Waals surface area contributed by atoms with Crippen LogP contribution in [0.5, 0.6) is 5.75 Å². The number of carbonyl (C=O) groups excluding carboxylic acids is 1. The number of hydrogen-bond acceptors (Lipinski definition) is 3. The summed E-state index contributed by atoms with van der Waals surface area (Å²) in [5.41, 5.74) is 2.24. The molecule has 1 atom stereocenters. The van der Waals surface area contributed by atoms with Gasteiger partial charge in [0.2, 0.25) is 0 Å². The SMILES string of the molecule is COCCNC(=O)[C@@H](C)Oc1cc(C)cc(C)c1. The van der Waals surface area contributed by atoms with E-state index in [1.807, 2.05) is 26.0 Å². The first-order chi connectivity index (χ1) is 8.52. The van der Waals surface area contributed by atoms with Crippen LogP contribution >= 0.6 is 0 Å². The Balaban J connectivity index is 2.52. The van der Waals surface area contributed by atoms with Gasteiger partial charge in [0.25, 0.3) is 5.91 Å². The molecule has 0 aliphatic rings. The van der Waals surface area contributed by atoms with Crippen molar-refractivity contribution in [1.82, 2.24) is 5.32 Å². The lowest BCUT2D eigenvalue weighted by atomic mass is 10.1. The van der Waals surface area contributed by atoms with E-state index in [4.69, 9.17) is 9.47 Å². The highest BCUT2D eigenvalue weighted by atomic mass is 16.5. The van der Waals surface area contributed by atoms with Crippen LogP contribution in [-0.2, 0) is 9.53 Å². The molecule has 0 heterocycles. The molecule has 0 unspecified atom stereocenters. The molecular formula is C14H21NO3. The van der Waals surface area contributed by atoms with Crippen molar-refractivity contribution >= 4 is 5.91 Å². The zero-order valence-corrected chi connectivity index (χ0v) is 11.4. The second-order valence-corrected chi connectivity index (χ2v) is 4.37. The summed E-state index contributed by atoms with van der Waals surface area (Å²) >= 11 is 0. The number of carbonyl (C=O) groups is 1. The average Bonchev–Trinajstić information content (AvgIpc) is 2.27. The van der Waals surface area contributed by atoms with Gasteiger partial charge >= 0.3 is 0 Å². The fourth-order valence-electron chi connectivity index (χ4n) is 1.68. The lowest BCUT2D eigenvalue weighted by Gasteiger charge is -2.15. The van der Waals surface area contributed by atoms with Crippen molar-refractivity contribution in [2.75, 3.05) is 20.3 Å². The number of hydrogen-bond donors (Lipinski definition) is 1. The summed E-state index contributed by atoms with van der Waals surface area (Å²) in [7, 11) is 1.60. The first-order valence-corrected chi connectivity index (χ1v) is 6.04. The van der Waals surface area contributed by atoms with Gasteiger partial charge in [-0.3, -0.25) is 4.79 Å². The van der Waals surface area contributed by atoms with Crippen molar-refractivity contribution in [3.8, 4) is 5.75 Å². The van der Waals surface area contributed by atoms with E-state index < -0.39 is 6.10 Å². The van der Waals surface area contributed by atoms with E-state index in [-0.39, 0.29) is 5.91 Å². The summed E-state index contributed by atoms with van der Waals surface area (Å²) in [6, 6.07) is 5.91. The summed E-state index contributed by atoms with van der Waals surface area (Å²) in [5.74, 6) is 0.591. The monoisotopic (exact) mass is 251 g/mol. The molecule has 0 bridgehead atoms. The molecule has 4 heteroatoms. The van der Waals surface area contributed by atoms with E-state index in [2.05, 4.69) is 11.4 Å². The molecule has 0 spiro atoms. The van der Waals surface area contributed by atoms with Crippen LogP contribution in [-0.4, -0.2) is 32.3 Å². The maximum absolute atomic E-state index is 11.7. The van der Waals surface area contributed by atoms with Gasteiger partial charge in [-0.1, -0.05) is 6.07 Å². The summed E-state index contributed by atoms with van der Waals surface area (Å²) in [6.45, 7) is 6.74. The van der Waals surface area contributed by atoms with Gasteiger partial charge in [-0.15, -0.1) is 0 Å². The Kier molecular flexibility index (Phi) is 5.65. The average molecular weight is 251 g/mol. The number of methoxy groups -OCH3 is 1. The molecule has 0 aliphatic heterocycles. The smallest absolute Gasteiger partial charge is 0.260 e. The Labute approximate surface area is 108 Å². The molecule has 0 radical (unpaired) electrons. The maximum atomic E-state index is 11.7. The van der Waals surface area contributed by atoms with Crippen molar-refractivity contribution in [2.24, 2.45) is 0 Å². The fourth-order valence-corrected chi connectivity index (χ4v) is 1.68. The van der Waals surface area contributed by atoms with Crippen molar-refractivity contribution in [2.45, 2.75) is 26.9 Å². The van der Waals surface area contributed by atoms with Crippen molar-refractivity contribution < 1.29 is 14.3 Å². The van der Waals surface area contributed by atoms with E-state index in [1.54, 1.807) is 14.0 Å². The number of rotatable bonds is 6. The molecule has 0 aliphatic carbocycles. The summed E-state index contributed by atoms with van der Waals surface area (Å²) < 4.78 is 10.5. The van der Waals surface area contributed by atoms with E-state index in [9.17, 15) is 4.79 Å². The highest BCUT2D eigenvalue weighted by Crippen LogP contribution is 2.17. The highest BCUT2D eigenvalue weighted by molar-refractivity contribution is 5.80. The van der Waals surface area contributed by atoms with Crippen molar-refractivity contribution in [3.63, 3.8) is 0 Å². The molecule has 1 amide bonds. The van der Waals surface area contributed by atoms with Gasteiger partial charge in [-0.2, -0.15) is 0 Å². The molecule has 4 nitrogen and oxygen atoms in total. The van der Waals surface area contributed by atoms with Crippen LogP contribution in [0, 0.1) is 13.8 Å². The third-order valence-corrected chi connectivity index (χ3v) is 2.48. The van der Waals surface area contributed by atoms with Gasteiger partial charge in [0.05, 0.1) is 6.61 Å². The van der Waals surface area contributed by atoms with E-state index in [1.165, 1.54) is 0 Å². The minimum atomic E-state index is -0.511. The molecule has 0 fully saturated rings. The molecule has 0 saturated heterocycles. The molecule has 100 valence electrons. The Bertz CT molecular complexity index is 384. The van der Waals surface area contributed by atoms with Crippen LogP contribution in [0.2, 0.25) is 0 Å². The van der Waals surface area contributed by atoms with E-state index in [0.717, 1.165) is 16.9 Å². The fraction of sp³-hybridized carbons (Fsp3) is 0.500. The molecule has 1 aromatic rings. The van der Waals surface area contributed by atoms with Gasteiger partial charge in [-0.25, -0.2) is 0 Å². The minimum absolute atomic E-state index is 0.133. The predicted molar refractivity (Wildman–Crippen MR) is 70.9 cm³/mol. The first kappa shape index (κ1) is 14.5. The quantitative estimate of drug-likeness (QED) is 0.785. The zero-order valence-electron chi connectivity index (χ0n) is 11.4. The molecule has 1 aromatic carbocycles. The van der Waals surface area contributed by atoms with Crippen molar-refractivity contribution in [3.05, 3.63) is 29.3 Å². The maximum Gasteiger partial charge on any atom is 0.260 e. The van der Waals surface area contributed by atoms with Gasteiger partial charge in [0, 0.05) is 13.7 Å². The number of benzene rings is 1. The van der Waals surface area contributed by atoms with Crippen LogP contribution in [0.3, 0.4) is 0 Å². The van der Waals surface area contributed by atoms with Gasteiger partial charge in [0.1, 0.15) is 5.75 Å². The minimum Gasteiger partial charge on any atom is -0.481 e. The molecule has 0 saturated carbocycles. The Morgan fingerprint density at radius 1 is 1.28 bits per heavy atom. The second-order valence-electron chi connectivity index (χ2n) is 4.37. The third kappa shape index (κ3) is 4.75. The summed E-state index contributed by atoms with van der Waals surface area (Å²) in [4.78, 5) is 11.7. The topological polar surface area (TPSA) is 47.6 Å². The van der Waals surface area contributed by atoms with Gasteiger partial charge in [0.15, 0.2) is 6.10 Å². The van der Waals surface area contributed by atoms with E-state index in [0.29, 0.717) is 13.2 Å².